The number of carbonyl (C=O) groups excluding carboxylic acids is 1. The highest BCUT2D eigenvalue weighted by Gasteiger charge is 2.29. The van der Waals surface area contributed by atoms with Gasteiger partial charge >= 0.3 is 0 Å². The Morgan fingerprint density at radius 2 is 1.67 bits per heavy atom. The van der Waals surface area contributed by atoms with Crippen LogP contribution in [0.4, 0.5) is 0 Å². The molecular weight excluding hydrogens is 150 g/mol. The van der Waals surface area contributed by atoms with Crippen LogP contribution in [-0.2, 0) is 4.79 Å². The largest absolute Gasteiger partial charge is 0.342 e. The van der Waals surface area contributed by atoms with E-state index in [0.29, 0.717) is 11.8 Å². The van der Waals surface area contributed by atoms with Crippen LogP contribution in [0.3, 0.4) is 0 Å². The maximum Gasteiger partial charge on any atom is 0.225 e. The van der Waals surface area contributed by atoms with Crippen LogP contribution in [0.2, 0.25) is 0 Å². The van der Waals surface area contributed by atoms with Gasteiger partial charge in [0.15, 0.2) is 0 Å². The number of likely N-dealkylation sites (tertiary alicyclic amines) is 1. The second-order valence-corrected chi connectivity index (χ2v) is 4.01. The zero-order valence-electron chi connectivity index (χ0n) is 7.59. The molecule has 0 bridgehead atoms. The third kappa shape index (κ3) is 1.47. The monoisotopic (exact) mass is 167 g/mol. The topological polar surface area (TPSA) is 20.3 Å². The highest BCUT2D eigenvalue weighted by Crippen LogP contribution is 2.29. The molecule has 1 aliphatic carbocycles. The van der Waals surface area contributed by atoms with Gasteiger partial charge in [-0.15, -0.1) is 0 Å². The van der Waals surface area contributed by atoms with Gasteiger partial charge < -0.3 is 4.90 Å². The number of rotatable bonds is 1. The van der Waals surface area contributed by atoms with Gasteiger partial charge in [-0.05, 0) is 32.1 Å². The fourth-order valence-corrected chi connectivity index (χ4v) is 2.03. The van der Waals surface area contributed by atoms with Crippen molar-refractivity contribution in [1.82, 2.24) is 4.90 Å². The van der Waals surface area contributed by atoms with Gasteiger partial charge in [0.05, 0.1) is 0 Å². The smallest absolute Gasteiger partial charge is 0.225 e. The van der Waals surface area contributed by atoms with Crippen molar-refractivity contribution in [2.24, 2.45) is 5.92 Å². The maximum atomic E-state index is 11.7. The first kappa shape index (κ1) is 8.09. The van der Waals surface area contributed by atoms with E-state index in [0.717, 1.165) is 25.9 Å². The predicted molar refractivity (Wildman–Crippen MR) is 47.8 cm³/mol. The lowest BCUT2D eigenvalue weighted by molar-refractivity contribution is -0.139. The molecule has 2 aliphatic rings. The minimum atomic E-state index is 0.406. The lowest BCUT2D eigenvalue weighted by Gasteiger charge is -2.33. The van der Waals surface area contributed by atoms with E-state index < -0.39 is 0 Å². The van der Waals surface area contributed by atoms with Crippen molar-refractivity contribution in [3.63, 3.8) is 0 Å². The molecular formula is C10H17NO. The lowest BCUT2D eigenvalue weighted by atomic mass is 9.84. The lowest BCUT2D eigenvalue weighted by Crippen LogP contribution is -2.41. The molecule has 0 aromatic heterocycles. The van der Waals surface area contributed by atoms with E-state index in [1.54, 1.807) is 0 Å². The standard InChI is InChI=1S/C10H17NO/c12-10(9-5-4-6-9)11-7-2-1-3-8-11/h9H,1-8H2. The molecule has 68 valence electrons. The van der Waals surface area contributed by atoms with E-state index in [4.69, 9.17) is 0 Å². The third-order valence-electron chi connectivity index (χ3n) is 3.12. The summed E-state index contributed by atoms with van der Waals surface area (Å²) in [6.07, 6.45) is 7.32. The molecule has 0 atom stereocenters. The summed E-state index contributed by atoms with van der Waals surface area (Å²) in [6.45, 7) is 2.05. The first-order chi connectivity index (χ1) is 5.88. The van der Waals surface area contributed by atoms with E-state index in [9.17, 15) is 4.79 Å². The number of nitrogens with zero attached hydrogens (tertiary/aromatic N) is 1. The van der Waals surface area contributed by atoms with E-state index in [-0.39, 0.29) is 0 Å². The molecule has 2 rings (SSSR count). The summed E-state index contributed by atoms with van der Waals surface area (Å²) in [5.74, 6) is 0.851. The van der Waals surface area contributed by atoms with Crippen molar-refractivity contribution in [2.45, 2.75) is 38.5 Å². The summed E-state index contributed by atoms with van der Waals surface area (Å²) in [4.78, 5) is 13.8. The van der Waals surface area contributed by atoms with Gasteiger partial charge in [-0.2, -0.15) is 0 Å². The Morgan fingerprint density at radius 1 is 1.00 bits per heavy atom. The Balaban J connectivity index is 1.84. The van der Waals surface area contributed by atoms with E-state index in [2.05, 4.69) is 4.90 Å². The van der Waals surface area contributed by atoms with Gasteiger partial charge in [-0.3, -0.25) is 4.79 Å². The molecule has 0 radical (unpaired) electrons. The third-order valence-corrected chi connectivity index (χ3v) is 3.12. The van der Waals surface area contributed by atoms with Gasteiger partial charge in [-0.25, -0.2) is 0 Å². The van der Waals surface area contributed by atoms with E-state index >= 15 is 0 Å². The second-order valence-electron chi connectivity index (χ2n) is 4.01. The second kappa shape index (κ2) is 3.46. The number of piperidine rings is 1. The first-order valence-electron chi connectivity index (χ1n) is 5.17. The van der Waals surface area contributed by atoms with Crippen LogP contribution in [0.25, 0.3) is 0 Å². The Labute approximate surface area is 73.9 Å². The van der Waals surface area contributed by atoms with Crippen molar-refractivity contribution < 1.29 is 4.79 Å². The molecule has 1 saturated carbocycles. The van der Waals surface area contributed by atoms with E-state index in [1.165, 1.54) is 25.7 Å². The summed E-state index contributed by atoms with van der Waals surface area (Å²) in [5.41, 5.74) is 0. The first-order valence-corrected chi connectivity index (χ1v) is 5.17. The normalized spacial score (nSPS) is 25.2. The summed E-state index contributed by atoms with van der Waals surface area (Å²) in [7, 11) is 0. The zero-order valence-corrected chi connectivity index (χ0v) is 7.59. The van der Waals surface area contributed by atoms with Gasteiger partial charge in [0.2, 0.25) is 5.91 Å². The molecule has 0 unspecified atom stereocenters. The van der Waals surface area contributed by atoms with Gasteiger partial charge in [0, 0.05) is 19.0 Å². The van der Waals surface area contributed by atoms with Crippen molar-refractivity contribution in [3.8, 4) is 0 Å². The Kier molecular flexibility index (Phi) is 2.33. The molecule has 0 spiro atoms. The molecule has 1 aliphatic heterocycles. The zero-order chi connectivity index (χ0) is 8.39. The van der Waals surface area contributed by atoms with Gasteiger partial charge in [0.25, 0.3) is 0 Å². The molecule has 2 nitrogen and oxygen atoms in total. The van der Waals surface area contributed by atoms with Crippen molar-refractivity contribution in [3.05, 3.63) is 0 Å². The Morgan fingerprint density at radius 3 is 2.17 bits per heavy atom. The maximum absolute atomic E-state index is 11.7. The average Bonchev–Trinajstić information content (AvgIpc) is 2.03. The van der Waals surface area contributed by atoms with Gasteiger partial charge in [-0.1, -0.05) is 6.42 Å². The fraction of sp³-hybridized carbons (Fsp3) is 0.900. The van der Waals surface area contributed by atoms with Gasteiger partial charge in [0.1, 0.15) is 0 Å². The number of amides is 1. The highest BCUT2D eigenvalue weighted by atomic mass is 16.2. The molecule has 1 saturated heterocycles. The molecule has 2 fully saturated rings. The van der Waals surface area contributed by atoms with Crippen LogP contribution >= 0.6 is 0 Å². The summed E-state index contributed by atoms with van der Waals surface area (Å²) < 4.78 is 0. The van der Waals surface area contributed by atoms with E-state index in [1.807, 2.05) is 0 Å². The van der Waals surface area contributed by atoms with Crippen molar-refractivity contribution >= 4 is 5.91 Å². The molecule has 0 aromatic rings. The molecule has 12 heavy (non-hydrogen) atoms. The molecule has 0 N–H and O–H groups in total. The minimum absolute atomic E-state index is 0.406. The predicted octanol–water partition coefficient (Wildman–Crippen LogP) is 1.80. The Bertz CT molecular complexity index is 169. The number of hydrogen-bond acceptors (Lipinski definition) is 1. The number of carbonyl (C=O) groups is 1. The van der Waals surface area contributed by atoms with Crippen LogP contribution < -0.4 is 0 Å². The summed E-state index contributed by atoms with van der Waals surface area (Å²) >= 11 is 0. The molecule has 1 amide bonds. The molecule has 2 heteroatoms. The summed E-state index contributed by atoms with van der Waals surface area (Å²) in [5, 5.41) is 0. The SMILES string of the molecule is O=C(C1CCC1)N1CCCCC1. The minimum Gasteiger partial charge on any atom is -0.342 e. The van der Waals surface area contributed by atoms with Crippen molar-refractivity contribution in [1.29, 1.82) is 0 Å². The van der Waals surface area contributed by atoms with Crippen molar-refractivity contribution in [2.75, 3.05) is 13.1 Å². The summed E-state index contributed by atoms with van der Waals surface area (Å²) in [6, 6.07) is 0. The molecule has 1 heterocycles. The average molecular weight is 167 g/mol. The van der Waals surface area contributed by atoms with Crippen LogP contribution in [0.5, 0.6) is 0 Å². The van der Waals surface area contributed by atoms with Crippen LogP contribution in [-0.4, -0.2) is 23.9 Å². The van der Waals surface area contributed by atoms with Crippen LogP contribution in [0.15, 0.2) is 0 Å². The van der Waals surface area contributed by atoms with Crippen LogP contribution in [0.1, 0.15) is 38.5 Å². The molecule has 0 aromatic carbocycles. The Hall–Kier alpha value is -0.530. The number of hydrogen-bond donors (Lipinski definition) is 0. The quantitative estimate of drug-likeness (QED) is 0.583. The highest BCUT2D eigenvalue weighted by molar-refractivity contribution is 5.79. The fourth-order valence-electron chi connectivity index (χ4n) is 2.03. The van der Waals surface area contributed by atoms with Crippen LogP contribution in [0, 0.1) is 5.92 Å².